The molecule has 0 atom stereocenters. The van der Waals surface area contributed by atoms with Gasteiger partial charge in [0, 0.05) is 9.13 Å². The van der Waals surface area contributed by atoms with Crippen LogP contribution < -0.4 is 5.43 Å². The van der Waals surface area contributed by atoms with Crippen LogP contribution in [0.15, 0.2) is 29.4 Å². The van der Waals surface area contributed by atoms with Crippen molar-refractivity contribution in [2.45, 2.75) is 26.4 Å². The van der Waals surface area contributed by atoms with Crippen LogP contribution in [-0.2, 0) is 4.74 Å². The third-order valence-corrected chi connectivity index (χ3v) is 2.65. The van der Waals surface area contributed by atoms with Gasteiger partial charge in [-0.25, -0.2) is 10.2 Å². The molecular formula is C12H15IN2O2. The first kappa shape index (κ1) is 14.0. The molecule has 1 N–H and O–H groups in total. The van der Waals surface area contributed by atoms with E-state index in [0.29, 0.717) is 0 Å². The summed E-state index contributed by atoms with van der Waals surface area (Å²) in [7, 11) is 0. The normalized spacial score (nSPS) is 11.5. The maximum Gasteiger partial charge on any atom is 0.428 e. The van der Waals surface area contributed by atoms with Crippen LogP contribution in [-0.4, -0.2) is 17.9 Å². The Kier molecular flexibility index (Phi) is 4.92. The summed E-state index contributed by atoms with van der Waals surface area (Å²) >= 11 is 2.20. The van der Waals surface area contributed by atoms with Crippen LogP contribution in [0, 0.1) is 3.57 Å². The fourth-order valence-electron chi connectivity index (χ4n) is 1.04. The van der Waals surface area contributed by atoms with Gasteiger partial charge in [0.15, 0.2) is 0 Å². The number of rotatable bonds is 2. The van der Waals surface area contributed by atoms with Gasteiger partial charge in [0.25, 0.3) is 0 Å². The summed E-state index contributed by atoms with van der Waals surface area (Å²) in [6, 6.07) is 7.74. The van der Waals surface area contributed by atoms with Crippen molar-refractivity contribution in [1.82, 2.24) is 5.43 Å². The average molecular weight is 346 g/mol. The van der Waals surface area contributed by atoms with Crippen molar-refractivity contribution < 1.29 is 9.53 Å². The number of ether oxygens (including phenoxy) is 1. The van der Waals surface area contributed by atoms with Gasteiger partial charge in [-0.2, -0.15) is 5.10 Å². The average Bonchev–Trinajstić information content (AvgIpc) is 2.18. The second kappa shape index (κ2) is 6.00. The first-order chi connectivity index (χ1) is 7.88. The summed E-state index contributed by atoms with van der Waals surface area (Å²) in [6.07, 6.45) is 1.03. The van der Waals surface area contributed by atoms with Gasteiger partial charge >= 0.3 is 6.09 Å². The van der Waals surface area contributed by atoms with E-state index in [-0.39, 0.29) is 0 Å². The lowest BCUT2D eigenvalue weighted by atomic mass is 10.2. The van der Waals surface area contributed by atoms with Crippen LogP contribution in [0.3, 0.4) is 0 Å². The summed E-state index contributed by atoms with van der Waals surface area (Å²) in [5.74, 6) is 0. The molecule has 0 aliphatic carbocycles. The number of benzene rings is 1. The van der Waals surface area contributed by atoms with Crippen molar-refractivity contribution in [3.8, 4) is 0 Å². The lowest BCUT2D eigenvalue weighted by Crippen LogP contribution is -2.29. The zero-order chi connectivity index (χ0) is 12.9. The Labute approximate surface area is 115 Å². The van der Waals surface area contributed by atoms with Crippen molar-refractivity contribution in [3.05, 3.63) is 33.4 Å². The van der Waals surface area contributed by atoms with E-state index in [0.717, 1.165) is 9.13 Å². The molecule has 0 radical (unpaired) electrons. The number of hydrogen-bond donors (Lipinski definition) is 1. The standard InChI is InChI=1S/C12H15IN2O2/c1-12(2,3)17-11(16)15-14-8-9-6-4-5-7-10(9)13/h4-8H,1-3H3,(H,15,16). The molecular weight excluding hydrogens is 331 g/mol. The molecule has 92 valence electrons. The largest absolute Gasteiger partial charge is 0.443 e. The van der Waals surface area contributed by atoms with Crippen molar-refractivity contribution in [3.63, 3.8) is 0 Å². The lowest BCUT2D eigenvalue weighted by molar-refractivity contribution is 0.0529. The number of carbonyl (C=O) groups is 1. The smallest absolute Gasteiger partial charge is 0.428 e. The molecule has 0 bridgehead atoms. The van der Waals surface area contributed by atoms with Crippen molar-refractivity contribution >= 4 is 34.9 Å². The predicted octanol–water partition coefficient (Wildman–Crippen LogP) is 3.15. The molecule has 4 nitrogen and oxygen atoms in total. The van der Waals surface area contributed by atoms with Gasteiger partial charge in [-0.1, -0.05) is 18.2 Å². The number of carbonyl (C=O) groups excluding carboxylic acids is 1. The zero-order valence-electron chi connectivity index (χ0n) is 10.0. The monoisotopic (exact) mass is 346 g/mol. The van der Waals surface area contributed by atoms with Gasteiger partial charge < -0.3 is 4.74 Å². The van der Waals surface area contributed by atoms with Gasteiger partial charge in [-0.15, -0.1) is 0 Å². The van der Waals surface area contributed by atoms with Gasteiger partial charge in [0.1, 0.15) is 5.60 Å². The van der Waals surface area contributed by atoms with Crippen LogP contribution in [0.25, 0.3) is 0 Å². The molecule has 1 rings (SSSR count). The molecule has 0 heterocycles. The number of nitrogens with zero attached hydrogens (tertiary/aromatic N) is 1. The Morgan fingerprint density at radius 1 is 1.41 bits per heavy atom. The quantitative estimate of drug-likeness (QED) is 0.508. The van der Waals surface area contributed by atoms with E-state index in [9.17, 15) is 4.79 Å². The molecule has 0 aliphatic rings. The highest BCUT2D eigenvalue weighted by Gasteiger charge is 2.15. The highest BCUT2D eigenvalue weighted by Crippen LogP contribution is 2.09. The summed E-state index contributed by atoms with van der Waals surface area (Å²) < 4.78 is 6.11. The van der Waals surface area contributed by atoms with Gasteiger partial charge in [0.2, 0.25) is 0 Å². The highest BCUT2D eigenvalue weighted by atomic mass is 127. The Bertz CT molecular complexity index is 425. The van der Waals surface area contributed by atoms with Crippen LogP contribution >= 0.6 is 22.6 Å². The molecule has 1 aromatic rings. The zero-order valence-corrected chi connectivity index (χ0v) is 12.2. The lowest BCUT2D eigenvalue weighted by Gasteiger charge is -2.18. The molecule has 5 heteroatoms. The molecule has 0 aliphatic heterocycles. The molecule has 0 fully saturated rings. The minimum atomic E-state index is -0.556. The molecule has 0 spiro atoms. The van der Waals surface area contributed by atoms with Gasteiger partial charge in [-0.3, -0.25) is 0 Å². The number of hydrazone groups is 1. The van der Waals surface area contributed by atoms with E-state index >= 15 is 0 Å². The molecule has 0 aromatic heterocycles. The minimum absolute atomic E-state index is 0.513. The Morgan fingerprint density at radius 2 is 2.06 bits per heavy atom. The second-order valence-electron chi connectivity index (χ2n) is 4.39. The Hall–Kier alpha value is -1.11. The molecule has 1 aromatic carbocycles. The van der Waals surface area contributed by atoms with E-state index in [1.807, 2.05) is 24.3 Å². The van der Waals surface area contributed by atoms with Crippen LogP contribution in [0.1, 0.15) is 26.3 Å². The maximum absolute atomic E-state index is 11.3. The van der Waals surface area contributed by atoms with Crippen LogP contribution in [0.2, 0.25) is 0 Å². The fourth-order valence-corrected chi connectivity index (χ4v) is 1.56. The van der Waals surface area contributed by atoms with Crippen molar-refractivity contribution in [2.75, 3.05) is 0 Å². The molecule has 0 saturated heterocycles. The summed E-state index contributed by atoms with van der Waals surface area (Å²) in [5.41, 5.74) is 2.76. The summed E-state index contributed by atoms with van der Waals surface area (Å²) in [6.45, 7) is 5.41. The number of halogens is 1. The second-order valence-corrected chi connectivity index (χ2v) is 5.56. The predicted molar refractivity (Wildman–Crippen MR) is 76.1 cm³/mol. The van der Waals surface area contributed by atoms with Crippen molar-refractivity contribution in [1.29, 1.82) is 0 Å². The third-order valence-electron chi connectivity index (χ3n) is 1.66. The molecule has 0 saturated carbocycles. The highest BCUT2D eigenvalue weighted by molar-refractivity contribution is 14.1. The third kappa shape index (κ3) is 5.67. The van der Waals surface area contributed by atoms with E-state index in [1.54, 1.807) is 27.0 Å². The molecule has 17 heavy (non-hydrogen) atoms. The van der Waals surface area contributed by atoms with Crippen molar-refractivity contribution in [2.24, 2.45) is 5.10 Å². The number of hydrogen-bond acceptors (Lipinski definition) is 3. The van der Waals surface area contributed by atoms with Gasteiger partial charge in [-0.05, 0) is 49.4 Å². The van der Waals surface area contributed by atoms with Crippen LogP contribution in [0.4, 0.5) is 4.79 Å². The first-order valence-corrected chi connectivity index (χ1v) is 6.23. The summed E-state index contributed by atoms with van der Waals surface area (Å²) in [4.78, 5) is 11.3. The summed E-state index contributed by atoms with van der Waals surface area (Å²) in [5, 5.41) is 3.83. The Balaban J connectivity index is 2.51. The van der Waals surface area contributed by atoms with E-state index in [2.05, 4.69) is 33.1 Å². The van der Waals surface area contributed by atoms with Gasteiger partial charge in [0.05, 0.1) is 6.21 Å². The SMILES string of the molecule is CC(C)(C)OC(=O)NN=Cc1ccccc1I. The number of amides is 1. The van der Waals surface area contributed by atoms with E-state index in [1.165, 1.54) is 0 Å². The van der Waals surface area contributed by atoms with E-state index < -0.39 is 11.7 Å². The fraction of sp³-hybridized carbons (Fsp3) is 0.333. The number of nitrogens with one attached hydrogen (secondary N) is 1. The molecule has 0 unspecified atom stereocenters. The Morgan fingerprint density at radius 3 is 2.65 bits per heavy atom. The topological polar surface area (TPSA) is 50.7 Å². The maximum atomic E-state index is 11.3. The van der Waals surface area contributed by atoms with Crippen LogP contribution in [0.5, 0.6) is 0 Å². The molecule has 1 amide bonds. The minimum Gasteiger partial charge on any atom is -0.443 e. The van der Waals surface area contributed by atoms with E-state index in [4.69, 9.17) is 4.74 Å². The first-order valence-electron chi connectivity index (χ1n) is 5.15.